The molecule has 0 saturated carbocycles. The lowest BCUT2D eigenvalue weighted by atomic mass is 10.1. The maximum absolute atomic E-state index is 12.1. The number of para-hydroxylation sites is 1. The number of carbonyl (C=O) groups is 1. The van der Waals surface area contributed by atoms with Crippen molar-refractivity contribution in [1.82, 2.24) is 5.32 Å². The van der Waals surface area contributed by atoms with Gasteiger partial charge in [0.1, 0.15) is 0 Å². The van der Waals surface area contributed by atoms with E-state index in [1.165, 1.54) is 9.75 Å². The average Bonchev–Trinajstić information content (AvgIpc) is 2.92. The Morgan fingerprint density at radius 2 is 1.89 bits per heavy atom. The second-order valence-electron chi connectivity index (χ2n) is 4.20. The highest BCUT2D eigenvalue weighted by Crippen LogP contribution is 2.18. The summed E-state index contributed by atoms with van der Waals surface area (Å²) in [6.07, 6.45) is 1.04. The Morgan fingerprint density at radius 1 is 1.16 bits per heavy atom. The van der Waals surface area contributed by atoms with E-state index in [0.717, 1.165) is 12.1 Å². The number of hydrogen-bond donors (Lipinski definition) is 2. The number of hydrogen-bond acceptors (Lipinski definition) is 3. The minimum absolute atomic E-state index is 0.0450. The summed E-state index contributed by atoms with van der Waals surface area (Å²) in [5, 5.41) is 5.99. The SMILES string of the molecule is CCc1ccc(CNC(=O)c2ccccc2NC)s1. The molecule has 0 aliphatic heterocycles. The van der Waals surface area contributed by atoms with Crippen molar-refractivity contribution in [2.45, 2.75) is 19.9 Å². The molecule has 1 heterocycles. The van der Waals surface area contributed by atoms with Crippen LogP contribution in [0, 0.1) is 0 Å². The van der Waals surface area contributed by atoms with Crippen LogP contribution in [0.3, 0.4) is 0 Å². The molecule has 0 unspecified atom stereocenters. The van der Waals surface area contributed by atoms with Crippen molar-refractivity contribution < 1.29 is 4.79 Å². The Morgan fingerprint density at radius 3 is 2.58 bits per heavy atom. The van der Waals surface area contributed by atoms with Crippen LogP contribution >= 0.6 is 11.3 Å². The summed E-state index contributed by atoms with van der Waals surface area (Å²) in [6, 6.07) is 11.7. The van der Waals surface area contributed by atoms with Crippen molar-refractivity contribution in [2.75, 3.05) is 12.4 Å². The first-order valence-corrected chi connectivity index (χ1v) is 7.18. The van der Waals surface area contributed by atoms with Gasteiger partial charge in [0.05, 0.1) is 12.1 Å². The quantitative estimate of drug-likeness (QED) is 0.878. The van der Waals surface area contributed by atoms with Crippen LogP contribution in [-0.4, -0.2) is 13.0 Å². The molecular weight excluding hydrogens is 256 g/mol. The van der Waals surface area contributed by atoms with Gasteiger partial charge in [0.2, 0.25) is 0 Å². The fourth-order valence-corrected chi connectivity index (χ4v) is 2.77. The topological polar surface area (TPSA) is 41.1 Å². The zero-order chi connectivity index (χ0) is 13.7. The van der Waals surface area contributed by atoms with Crippen molar-refractivity contribution in [1.29, 1.82) is 0 Å². The van der Waals surface area contributed by atoms with E-state index in [4.69, 9.17) is 0 Å². The molecule has 3 nitrogen and oxygen atoms in total. The van der Waals surface area contributed by atoms with Gasteiger partial charge in [0, 0.05) is 22.5 Å². The van der Waals surface area contributed by atoms with E-state index >= 15 is 0 Å². The number of aryl methyl sites for hydroxylation is 1. The zero-order valence-corrected chi connectivity index (χ0v) is 12.0. The van der Waals surface area contributed by atoms with E-state index in [9.17, 15) is 4.79 Å². The molecule has 2 rings (SSSR count). The Labute approximate surface area is 117 Å². The summed E-state index contributed by atoms with van der Waals surface area (Å²) in [6.45, 7) is 2.72. The maximum Gasteiger partial charge on any atom is 0.253 e. The van der Waals surface area contributed by atoms with Gasteiger partial charge < -0.3 is 10.6 Å². The van der Waals surface area contributed by atoms with Crippen LogP contribution in [-0.2, 0) is 13.0 Å². The molecule has 1 aromatic heterocycles. The van der Waals surface area contributed by atoms with Crippen molar-refractivity contribution in [3.8, 4) is 0 Å². The first kappa shape index (κ1) is 13.6. The van der Waals surface area contributed by atoms with Gasteiger partial charge in [-0.05, 0) is 30.7 Å². The Kier molecular flexibility index (Phi) is 4.58. The van der Waals surface area contributed by atoms with E-state index in [1.54, 1.807) is 11.3 Å². The molecule has 2 aromatic rings. The summed E-state index contributed by atoms with van der Waals surface area (Å²) < 4.78 is 0. The van der Waals surface area contributed by atoms with Crippen LogP contribution in [0.4, 0.5) is 5.69 Å². The van der Waals surface area contributed by atoms with Gasteiger partial charge in [-0.25, -0.2) is 0 Å². The van der Waals surface area contributed by atoms with Crippen molar-refractivity contribution in [3.63, 3.8) is 0 Å². The molecule has 0 fully saturated rings. The molecule has 19 heavy (non-hydrogen) atoms. The Bertz CT molecular complexity index is 563. The standard InChI is InChI=1S/C15H18N2OS/c1-3-11-8-9-12(19-11)10-17-15(18)13-6-4-5-7-14(13)16-2/h4-9,16H,3,10H2,1-2H3,(H,17,18). The number of carbonyl (C=O) groups excluding carboxylic acids is 1. The third-order valence-electron chi connectivity index (χ3n) is 2.93. The molecule has 1 aromatic carbocycles. The van der Waals surface area contributed by atoms with Crippen molar-refractivity contribution in [2.24, 2.45) is 0 Å². The van der Waals surface area contributed by atoms with Crippen molar-refractivity contribution in [3.05, 3.63) is 51.7 Å². The van der Waals surface area contributed by atoms with Gasteiger partial charge in [-0.3, -0.25) is 4.79 Å². The monoisotopic (exact) mass is 274 g/mol. The number of benzene rings is 1. The second kappa shape index (κ2) is 6.38. The summed E-state index contributed by atoms with van der Waals surface area (Å²) in [5.74, 6) is -0.0450. The third-order valence-corrected chi connectivity index (χ3v) is 4.16. The molecule has 0 spiro atoms. The highest BCUT2D eigenvalue weighted by Gasteiger charge is 2.09. The summed E-state index contributed by atoms with van der Waals surface area (Å²) in [7, 11) is 1.82. The predicted octanol–water partition coefficient (Wildman–Crippen LogP) is 3.28. The van der Waals surface area contributed by atoms with E-state index < -0.39 is 0 Å². The van der Waals surface area contributed by atoms with E-state index in [-0.39, 0.29) is 5.91 Å². The van der Waals surface area contributed by atoms with Gasteiger partial charge in [-0.15, -0.1) is 11.3 Å². The van der Waals surface area contributed by atoms with E-state index in [1.807, 2.05) is 31.3 Å². The zero-order valence-electron chi connectivity index (χ0n) is 11.2. The van der Waals surface area contributed by atoms with Crippen LogP contribution in [0.15, 0.2) is 36.4 Å². The van der Waals surface area contributed by atoms with Gasteiger partial charge >= 0.3 is 0 Å². The van der Waals surface area contributed by atoms with Crippen LogP contribution < -0.4 is 10.6 Å². The summed E-state index contributed by atoms with van der Waals surface area (Å²) in [5.41, 5.74) is 1.53. The maximum atomic E-state index is 12.1. The number of thiophene rings is 1. The molecule has 4 heteroatoms. The fraction of sp³-hybridized carbons (Fsp3) is 0.267. The lowest BCUT2D eigenvalue weighted by molar-refractivity contribution is 0.0952. The molecule has 1 amide bonds. The second-order valence-corrected chi connectivity index (χ2v) is 5.45. The first-order chi connectivity index (χ1) is 9.24. The Balaban J connectivity index is 2.01. The predicted molar refractivity (Wildman–Crippen MR) is 80.9 cm³/mol. The van der Waals surface area contributed by atoms with Crippen LogP contribution in [0.1, 0.15) is 27.0 Å². The highest BCUT2D eigenvalue weighted by molar-refractivity contribution is 7.11. The minimum atomic E-state index is -0.0450. The summed E-state index contributed by atoms with van der Waals surface area (Å²) >= 11 is 1.75. The number of rotatable bonds is 5. The average molecular weight is 274 g/mol. The molecular formula is C15H18N2OS. The molecule has 2 N–H and O–H groups in total. The number of amides is 1. The van der Waals surface area contributed by atoms with Crippen LogP contribution in [0.2, 0.25) is 0 Å². The van der Waals surface area contributed by atoms with Crippen molar-refractivity contribution >= 4 is 22.9 Å². The van der Waals surface area contributed by atoms with Gasteiger partial charge in [0.15, 0.2) is 0 Å². The number of anilines is 1. The molecule has 0 aliphatic carbocycles. The fourth-order valence-electron chi connectivity index (χ4n) is 1.87. The van der Waals surface area contributed by atoms with Crippen LogP contribution in [0.5, 0.6) is 0 Å². The Hall–Kier alpha value is -1.81. The molecule has 100 valence electrons. The van der Waals surface area contributed by atoms with E-state index in [0.29, 0.717) is 12.1 Å². The molecule has 0 aliphatic rings. The molecule has 0 radical (unpaired) electrons. The largest absolute Gasteiger partial charge is 0.387 e. The van der Waals surface area contributed by atoms with Gasteiger partial charge in [0.25, 0.3) is 5.91 Å². The number of nitrogens with one attached hydrogen (secondary N) is 2. The highest BCUT2D eigenvalue weighted by atomic mass is 32.1. The van der Waals surface area contributed by atoms with Crippen LogP contribution in [0.25, 0.3) is 0 Å². The molecule has 0 atom stereocenters. The smallest absolute Gasteiger partial charge is 0.253 e. The third kappa shape index (κ3) is 3.35. The van der Waals surface area contributed by atoms with Gasteiger partial charge in [-0.1, -0.05) is 19.1 Å². The first-order valence-electron chi connectivity index (χ1n) is 6.37. The molecule has 0 bridgehead atoms. The summed E-state index contributed by atoms with van der Waals surface area (Å²) in [4.78, 5) is 14.7. The van der Waals surface area contributed by atoms with Gasteiger partial charge in [-0.2, -0.15) is 0 Å². The lowest BCUT2D eigenvalue weighted by Gasteiger charge is -2.08. The minimum Gasteiger partial charge on any atom is -0.387 e. The molecule has 0 saturated heterocycles. The van der Waals surface area contributed by atoms with E-state index in [2.05, 4.69) is 29.7 Å². The normalized spacial score (nSPS) is 10.2. The lowest BCUT2D eigenvalue weighted by Crippen LogP contribution is -2.23.